The average molecular weight is 372 g/mol. The molecular weight excluding hydrogens is 348 g/mol. The van der Waals surface area contributed by atoms with Crippen molar-refractivity contribution in [3.05, 3.63) is 29.8 Å². The van der Waals surface area contributed by atoms with E-state index in [1.807, 2.05) is 0 Å². The summed E-state index contributed by atoms with van der Waals surface area (Å²) in [5.74, 6) is -0.568. The minimum absolute atomic E-state index is 0.158. The second-order valence-corrected chi connectivity index (χ2v) is 7.34. The molecule has 0 aromatic heterocycles. The quantitative estimate of drug-likeness (QED) is 0.787. The summed E-state index contributed by atoms with van der Waals surface area (Å²) in [5, 5.41) is 5.49. The summed E-state index contributed by atoms with van der Waals surface area (Å²) in [7, 11) is 0. The minimum Gasteiger partial charge on any atom is -0.338 e. The van der Waals surface area contributed by atoms with Gasteiger partial charge < -0.3 is 15.5 Å². The number of nitrogens with zero attached hydrogens (tertiary/aromatic N) is 2. The van der Waals surface area contributed by atoms with Crippen LogP contribution in [-0.4, -0.2) is 58.2 Å². The molecule has 2 aliphatic rings. The Labute approximate surface area is 157 Å². The number of carbonyl (C=O) groups is 4. The fourth-order valence-electron chi connectivity index (χ4n) is 3.66. The number of urea groups is 1. The van der Waals surface area contributed by atoms with Gasteiger partial charge in [0.05, 0.1) is 0 Å². The van der Waals surface area contributed by atoms with Crippen LogP contribution < -0.4 is 10.6 Å². The van der Waals surface area contributed by atoms with Gasteiger partial charge in [-0.2, -0.15) is 0 Å². The lowest BCUT2D eigenvalue weighted by Gasteiger charge is -2.37. The molecule has 2 fully saturated rings. The van der Waals surface area contributed by atoms with Gasteiger partial charge in [-0.25, -0.2) is 4.79 Å². The molecule has 2 heterocycles. The maximum Gasteiger partial charge on any atom is 0.325 e. The summed E-state index contributed by atoms with van der Waals surface area (Å²) in [6.45, 7) is 5.77. The molecule has 0 radical (unpaired) electrons. The highest BCUT2D eigenvalue weighted by molar-refractivity contribution is 6.07. The SMILES string of the molecule is CC(=O)Nc1cccc(C(=O)N2CCC3(CC2)NC(=O)N(C(C)C)C3=O)c1. The number of hydrogen-bond acceptors (Lipinski definition) is 4. The maximum absolute atomic E-state index is 12.8. The molecule has 0 bridgehead atoms. The van der Waals surface area contributed by atoms with Crippen molar-refractivity contribution in [3.63, 3.8) is 0 Å². The third kappa shape index (κ3) is 3.51. The Balaban J connectivity index is 1.69. The van der Waals surface area contributed by atoms with Crippen molar-refractivity contribution in [3.8, 4) is 0 Å². The predicted octanol–water partition coefficient (Wildman–Crippen LogP) is 1.58. The number of carbonyl (C=O) groups excluding carboxylic acids is 4. The highest BCUT2D eigenvalue weighted by Gasteiger charge is 2.53. The van der Waals surface area contributed by atoms with Gasteiger partial charge in [0.1, 0.15) is 5.54 Å². The van der Waals surface area contributed by atoms with Crippen molar-refractivity contribution in [2.75, 3.05) is 18.4 Å². The largest absolute Gasteiger partial charge is 0.338 e. The Morgan fingerprint density at radius 3 is 2.41 bits per heavy atom. The Hall–Kier alpha value is -2.90. The molecule has 0 unspecified atom stereocenters. The van der Waals surface area contributed by atoms with E-state index in [4.69, 9.17) is 0 Å². The maximum atomic E-state index is 12.8. The van der Waals surface area contributed by atoms with Crippen LogP contribution in [0.5, 0.6) is 0 Å². The van der Waals surface area contributed by atoms with Gasteiger partial charge in [0.25, 0.3) is 11.8 Å². The van der Waals surface area contributed by atoms with Crippen molar-refractivity contribution in [2.45, 2.75) is 45.2 Å². The second-order valence-electron chi connectivity index (χ2n) is 7.34. The fourth-order valence-corrected chi connectivity index (χ4v) is 3.66. The van der Waals surface area contributed by atoms with E-state index in [1.54, 1.807) is 43.0 Å². The van der Waals surface area contributed by atoms with Crippen LogP contribution in [0.2, 0.25) is 0 Å². The molecule has 27 heavy (non-hydrogen) atoms. The van der Waals surface area contributed by atoms with Gasteiger partial charge in [-0.05, 0) is 44.9 Å². The molecule has 1 aromatic rings. The average Bonchev–Trinajstić information content (AvgIpc) is 2.84. The van der Waals surface area contributed by atoms with Crippen LogP contribution in [0.25, 0.3) is 0 Å². The van der Waals surface area contributed by atoms with Crippen molar-refractivity contribution in [1.29, 1.82) is 0 Å². The number of piperidine rings is 1. The number of likely N-dealkylation sites (tertiary alicyclic amines) is 1. The minimum atomic E-state index is -0.907. The Morgan fingerprint density at radius 1 is 1.19 bits per heavy atom. The van der Waals surface area contributed by atoms with Gasteiger partial charge in [-0.1, -0.05) is 6.07 Å². The molecule has 1 spiro atoms. The van der Waals surface area contributed by atoms with Crippen LogP contribution in [0.1, 0.15) is 44.0 Å². The van der Waals surface area contributed by atoms with Crippen LogP contribution in [0.15, 0.2) is 24.3 Å². The van der Waals surface area contributed by atoms with Gasteiger partial charge in [-0.3, -0.25) is 19.3 Å². The van der Waals surface area contributed by atoms with E-state index in [0.29, 0.717) is 37.2 Å². The van der Waals surface area contributed by atoms with Crippen LogP contribution in [-0.2, 0) is 9.59 Å². The number of rotatable bonds is 3. The molecule has 0 saturated carbocycles. The number of anilines is 1. The fraction of sp³-hybridized carbons (Fsp3) is 0.474. The molecule has 2 saturated heterocycles. The zero-order valence-electron chi connectivity index (χ0n) is 15.7. The monoisotopic (exact) mass is 372 g/mol. The van der Waals surface area contributed by atoms with Crippen LogP contribution in [0, 0.1) is 0 Å². The van der Waals surface area contributed by atoms with Crippen molar-refractivity contribution < 1.29 is 19.2 Å². The molecule has 144 valence electrons. The van der Waals surface area contributed by atoms with Crippen LogP contribution in [0.4, 0.5) is 10.5 Å². The summed E-state index contributed by atoms with van der Waals surface area (Å²) in [6.07, 6.45) is 0.774. The Kier molecular flexibility index (Phi) is 4.91. The van der Waals surface area contributed by atoms with Gasteiger partial charge in [0, 0.05) is 37.3 Å². The van der Waals surface area contributed by atoms with E-state index >= 15 is 0 Å². The normalized spacial score (nSPS) is 18.8. The summed E-state index contributed by atoms with van der Waals surface area (Å²) in [6, 6.07) is 6.20. The molecule has 5 amide bonds. The zero-order valence-corrected chi connectivity index (χ0v) is 15.7. The number of nitrogens with one attached hydrogen (secondary N) is 2. The number of amides is 5. The van der Waals surface area contributed by atoms with E-state index in [2.05, 4.69) is 10.6 Å². The lowest BCUT2D eigenvalue weighted by molar-refractivity contribution is -0.133. The number of imide groups is 1. The number of benzene rings is 1. The van der Waals surface area contributed by atoms with Gasteiger partial charge in [0.15, 0.2) is 0 Å². The molecule has 1 aromatic carbocycles. The lowest BCUT2D eigenvalue weighted by Crippen LogP contribution is -2.56. The van der Waals surface area contributed by atoms with Crippen molar-refractivity contribution in [2.24, 2.45) is 0 Å². The van der Waals surface area contributed by atoms with Crippen LogP contribution in [0.3, 0.4) is 0 Å². The van der Waals surface area contributed by atoms with E-state index in [1.165, 1.54) is 11.8 Å². The van der Waals surface area contributed by atoms with E-state index in [9.17, 15) is 19.2 Å². The highest BCUT2D eigenvalue weighted by Crippen LogP contribution is 2.31. The van der Waals surface area contributed by atoms with E-state index in [0.717, 1.165) is 0 Å². The summed E-state index contributed by atoms with van der Waals surface area (Å²) in [5.41, 5.74) is 0.131. The lowest BCUT2D eigenvalue weighted by atomic mass is 9.87. The van der Waals surface area contributed by atoms with Gasteiger partial charge >= 0.3 is 6.03 Å². The highest BCUT2D eigenvalue weighted by atomic mass is 16.2. The van der Waals surface area contributed by atoms with Crippen molar-refractivity contribution >= 4 is 29.4 Å². The zero-order chi connectivity index (χ0) is 19.8. The van der Waals surface area contributed by atoms with Crippen molar-refractivity contribution in [1.82, 2.24) is 15.1 Å². The predicted molar refractivity (Wildman–Crippen MR) is 99.1 cm³/mol. The molecule has 0 atom stereocenters. The van der Waals surface area contributed by atoms with E-state index < -0.39 is 5.54 Å². The third-order valence-electron chi connectivity index (χ3n) is 5.04. The van der Waals surface area contributed by atoms with Crippen LogP contribution >= 0.6 is 0 Å². The second kappa shape index (κ2) is 7.02. The van der Waals surface area contributed by atoms with Gasteiger partial charge in [-0.15, -0.1) is 0 Å². The first kappa shape index (κ1) is 18.9. The molecule has 8 nitrogen and oxygen atoms in total. The Bertz CT molecular complexity index is 797. The number of hydrogen-bond donors (Lipinski definition) is 2. The first-order valence-electron chi connectivity index (χ1n) is 9.06. The molecule has 8 heteroatoms. The summed E-state index contributed by atoms with van der Waals surface area (Å²) >= 11 is 0. The van der Waals surface area contributed by atoms with E-state index in [-0.39, 0.29) is 29.8 Å². The summed E-state index contributed by atoms with van der Waals surface area (Å²) in [4.78, 5) is 51.8. The first-order valence-corrected chi connectivity index (χ1v) is 9.06. The topological polar surface area (TPSA) is 98.8 Å². The standard InChI is InChI=1S/C19H24N4O4/c1-12(2)23-17(26)19(21-18(23)27)7-9-22(10-8-19)16(25)14-5-4-6-15(11-14)20-13(3)24/h4-6,11-12H,7-10H2,1-3H3,(H,20,24)(H,21,27). The molecule has 3 rings (SSSR count). The molecular formula is C19H24N4O4. The molecule has 2 aliphatic heterocycles. The summed E-state index contributed by atoms with van der Waals surface area (Å²) < 4.78 is 0. The first-order chi connectivity index (χ1) is 12.7. The third-order valence-corrected chi connectivity index (χ3v) is 5.04. The smallest absolute Gasteiger partial charge is 0.325 e. The Morgan fingerprint density at radius 2 is 1.85 bits per heavy atom. The molecule has 2 N–H and O–H groups in total. The molecule has 0 aliphatic carbocycles. The van der Waals surface area contributed by atoms with Gasteiger partial charge in [0.2, 0.25) is 5.91 Å².